The fraction of sp³-hybridized carbons (Fsp3) is 0. The lowest BCUT2D eigenvalue weighted by molar-refractivity contribution is 0.569. The molecule has 0 N–H and O–H groups in total. The van der Waals surface area contributed by atoms with Crippen molar-refractivity contribution in [2.24, 2.45) is 0 Å². The Morgan fingerprint density at radius 2 is 0.905 bits per heavy atom. The van der Waals surface area contributed by atoms with Crippen LogP contribution in [0.25, 0.3) is 78.4 Å². The molecule has 0 unspecified atom stereocenters. The molecule has 0 aliphatic heterocycles. The fourth-order valence-electron chi connectivity index (χ4n) is 5.41. The minimum Gasteiger partial charge on any atom is -0.442 e. The average molecular weight is 545 g/mol. The molecule has 0 fully saturated rings. The van der Waals surface area contributed by atoms with Crippen LogP contribution in [0, 0.1) is 0 Å². The van der Waals surface area contributed by atoms with Crippen molar-refractivity contribution in [2.45, 2.75) is 0 Å². The first-order chi connectivity index (χ1) is 20.8. The largest absolute Gasteiger partial charge is 0.442 e. The SMILES string of the molecule is c1ccc(-c2ccc3c(-c4cnc(-c5ncco5)nc4)c4ccccc4c(-c4cnc(-c5ncco5)nc4)c3c2)cc1. The second kappa shape index (κ2) is 9.87. The van der Waals surface area contributed by atoms with Gasteiger partial charge in [0.15, 0.2) is 0 Å². The van der Waals surface area contributed by atoms with Gasteiger partial charge < -0.3 is 8.83 Å². The highest BCUT2D eigenvalue weighted by molar-refractivity contribution is 6.21. The second-order valence-corrected chi connectivity index (χ2v) is 9.69. The highest BCUT2D eigenvalue weighted by Crippen LogP contribution is 2.44. The van der Waals surface area contributed by atoms with Crippen molar-refractivity contribution >= 4 is 21.5 Å². The molecule has 0 saturated heterocycles. The van der Waals surface area contributed by atoms with Gasteiger partial charge in [0, 0.05) is 47.0 Å². The van der Waals surface area contributed by atoms with E-state index < -0.39 is 0 Å². The third-order valence-corrected chi connectivity index (χ3v) is 7.26. The molecule has 0 atom stereocenters. The number of hydrogen-bond acceptors (Lipinski definition) is 8. The summed E-state index contributed by atoms with van der Waals surface area (Å²) in [7, 11) is 0. The Morgan fingerprint density at radius 1 is 0.405 bits per heavy atom. The Morgan fingerprint density at radius 3 is 1.43 bits per heavy atom. The van der Waals surface area contributed by atoms with Gasteiger partial charge in [-0.1, -0.05) is 66.7 Å². The van der Waals surface area contributed by atoms with E-state index in [1.54, 1.807) is 12.4 Å². The van der Waals surface area contributed by atoms with Crippen LogP contribution in [0.4, 0.5) is 0 Å². The molecule has 8 rings (SSSR count). The number of rotatable bonds is 5. The molecule has 4 aromatic heterocycles. The molecule has 4 aromatic carbocycles. The lowest BCUT2D eigenvalue weighted by Crippen LogP contribution is -1.95. The van der Waals surface area contributed by atoms with Crippen molar-refractivity contribution in [3.8, 4) is 56.8 Å². The average Bonchev–Trinajstić information content (AvgIpc) is 3.80. The zero-order valence-corrected chi connectivity index (χ0v) is 22.0. The van der Waals surface area contributed by atoms with E-state index in [-0.39, 0.29) is 0 Å². The maximum Gasteiger partial charge on any atom is 0.264 e. The number of nitrogens with zero attached hydrogens (tertiary/aromatic N) is 6. The summed E-state index contributed by atoms with van der Waals surface area (Å²) < 4.78 is 10.8. The molecule has 0 saturated carbocycles. The molecule has 42 heavy (non-hydrogen) atoms. The van der Waals surface area contributed by atoms with E-state index in [1.165, 1.54) is 12.5 Å². The molecule has 0 amide bonds. The van der Waals surface area contributed by atoms with Crippen molar-refractivity contribution in [2.75, 3.05) is 0 Å². The summed E-state index contributed by atoms with van der Waals surface area (Å²) in [5.74, 6) is 1.63. The summed E-state index contributed by atoms with van der Waals surface area (Å²) in [6.07, 6.45) is 13.5. The molecule has 4 heterocycles. The summed E-state index contributed by atoms with van der Waals surface area (Å²) in [5.41, 5.74) is 6.10. The van der Waals surface area contributed by atoms with Crippen LogP contribution in [0.3, 0.4) is 0 Å². The summed E-state index contributed by atoms with van der Waals surface area (Å²) in [6, 6.07) is 25.3. The lowest BCUT2D eigenvalue weighted by atomic mass is 9.86. The van der Waals surface area contributed by atoms with E-state index >= 15 is 0 Å². The normalized spacial score (nSPS) is 11.3. The first-order valence-corrected chi connectivity index (χ1v) is 13.3. The van der Waals surface area contributed by atoms with E-state index in [0.717, 1.165) is 54.9 Å². The zero-order chi connectivity index (χ0) is 27.9. The quantitative estimate of drug-likeness (QED) is 0.202. The van der Waals surface area contributed by atoms with Crippen LogP contribution < -0.4 is 0 Å². The number of benzene rings is 4. The van der Waals surface area contributed by atoms with Gasteiger partial charge in [0.2, 0.25) is 11.6 Å². The third-order valence-electron chi connectivity index (χ3n) is 7.26. The summed E-state index contributed by atoms with van der Waals surface area (Å²) in [6.45, 7) is 0. The van der Waals surface area contributed by atoms with Crippen molar-refractivity contribution < 1.29 is 8.83 Å². The van der Waals surface area contributed by atoms with Gasteiger partial charge >= 0.3 is 0 Å². The first-order valence-electron chi connectivity index (χ1n) is 13.3. The van der Waals surface area contributed by atoms with Gasteiger partial charge in [0.25, 0.3) is 11.8 Å². The fourth-order valence-corrected chi connectivity index (χ4v) is 5.41. The van der Waals surface area contributed by atoms with Crippen LogP contribution in [0.2, 0.25) is 0 Å². The van der Waals surface area contributed by atoms with Crippen molar-refractivity contribution in [1.82, 2.24) is 29.9 Å². The Labute approximate surface area is 239 Å². The highest BCUT2D eigenvalue weighted by Gasteiger charge is 2.19. The number of oxazole rings is 2. The van der Waals surface area contributed by atoms with Crippen molar-refractivity contribution in [1.29, 1.82) is 0 Å². The second-order valence-electron chi connectivity index (χ2n) is 9.69. The number of hydrogen-bond donors (Lipinski definition) is 0. The van der Waals surface area contributed by atoms with E-state index in [2.05, 4.69) is 72.4 Å². The minimum absolute atomic E-state index is 0.381. The van der Waals surface area contributed by atoms with Gasteiger partial charge in [-0.15, -0.1) is 0 Å². The number of fused-ring (bicyclic) bond motifs is 2. The standard InChI is InChI=1S/C34H20N6O2/c1-2-6-21(7-3-1)22-10-11-27-28(16-22)30(24-19-39-32(40-20-24)34-36-13-15-42-34)26-9-5-4-8-25(26)29(27)23-17-37-31(38-18-23)33-35-12-14-41-33/h1-20H. The molecule has 8 aromatic rings. The van der Waals surface area contributed by atoms with Gasteiger partial charge in [-0.25, -0.2) is 29.9 Å². The van der Waals surface area contributed by atoms with E-state index in [1.807, 2.05) is 55.1 Å². The zero-order valence-electron chi connectivity index (χ0n) is 22.0. The maximum atomic E-state index is 5.41. The Kier molecular flexibility index (Phi) is 5.60. The molecule has 0 bridgehead atoms. The monoisotopic (exact) mass is 544 g/mol. The molecule has 198 valence electrons. The number of aromatic nitrogens is 6. The molecule has 0 spiro atoms. The van der Waals surface area contributed by atoms with Gasteiger partial charge in [0.05, 0.1) is 12.4 Å². The van der Waals surface area contributed by atoms with Crippen LogP contribution >= 0.6 is 0 Å². The Bertz CT molecular complexity index is 2160. The van der Waals surface area contributed by atoms with Crippen LogP contribution in [0.5, 0.6) is 0 Å². The van der Waals surface area contributed by atoms with Crippen LogP contribution in [-0.2, 0) is 0 Å². The molecular weight excluding hydrogens is 524 g/mol. The molecule has 0 aliphatic carbocycles. The summed E-state index contributed by atoms with van der Waals surface area (Å²) in [4.78, 5) is 26.8. The topological polar surface area (TPSA) is 104 Å². The van der Waals surface area contributed by atoms with Crippen molar-refractivity contribution in [3.05, 3.63) is 123 Å². The summed E-state index contributed by atoms with van der Waals surface area (Å²) in [5, 5.41) is 4.26. The summed E-state index contributed by atoms with van der Waals surface area (Å²) >= 11 is 0. The smallest absolute Gasteiger partial charge is 0.264 e. The first kappa shape index (κ1) is 23.8. The van der Waals surface area contributed by atoms with E-state index in [0.29, 0.717) is 23.4 Å². The predicted octanol–water partition coefficient (Wildman–Crippen LogP) is 7.88. The Balaban J connectivity index is 1.40. The lowest BCUT2D eigenvalue weighted by Gasteiger charge is -2.18. The third kappa shape index (κ3) is 4.01. The van der Waals surface area contributed by atoms with E-state index in [4.69, 9.17) is 8.83 Å². The van der Waals surface area contributed by atoms with Crippen LogP contribution in [0.15, 0.2) is 131 Å². The molecule has 8 heteroatoms. The van der Waals surface area contributed by atoms with Gasteiger partial charge in [0.1, 0.15) is 12.5 Å². The molecule has 0 radical (unpaired) electrons. The maximum absolute atomic E-state index is 5.41. The van der Waals surface area contributed by atoms with Gasteiger partial charge in [-0.2, -0.15) is 0 Å². The molecule has 0 aliphatic rings. The molecule has 8 nitrogen and oxygen atoms in total. The van der Waals surface area contributed by atoms with Crippen molar-refractivity contribution in [3.63, 3.8) is 0 Å². The minimum atomic E-state index is 0.381. The van der Waals surface area contributed by atoms with E-state index in [9.17, 15) is 0 Å². The van der Waals surface area contributed by atoms with Crippen LogP contribution in [-0.4, -0.2) is 29.9 Å². The van der Waals surface area contributed by atoms with Gasteiger partial charge in [-0.3, -0.25) is 0 Å². The highest BCUT2D eigenvalue weighted by atomic mass is 16.3. The van der Waals surface area contributed by atoms with Gasteiger partial charge in [-0.05, 0) is 38.7 Å². The Hall–Kier alpha value is -6.02. The predicted molar refractivity (Wildman–Crippen MR) is 160 cm³/mol. The molecular formula is C34H20N6O2. The van der Waals surface area contributed by atoms with Crippen LogP contribution in [0.1, 0.15) is 0 Å².